The highest BCUT2D eigenvalue weighted by Gasteiger charge is 2.47. The molecule has 2 atom stereocenters. The summed E-state index contributed by atoms with van der Waals surface area (Å²) in [7, 11) is 0. The zero-order valence-electron chi connectivity index (χ0n) is 16.0. The first-order valence-electron chi connectivity index (χ1n) is 9.77. The average Bonchev–Trinajstić information content (AvgIpc) is 3.46. The summed E-state index contributed by atoms with van der Waals surface area (Å²) >= 11 is 0. The van der Waals surface area contributed by atoms with Gasteiger partial charge in [0.05, 0.1) is 24.4 Å². The number of para-hydroxylation sites is 1. The third kappa shape index (κ3) is 3.07. The molecule has 29 heavy (non-hydrogen) atoms. The highest BCUT2D eigenvalue weighted by atomic mass is 16.5. The van der Waals surface area contributed by atoms with E-state index in [0.717, 1.165) is 29.6 Å². The largest absolute Gasteiger partial charge is 0.507 e. The molecule has 5 rings (SSSR count). The van der Waals surface area contributed by atoms with Crippen molar-refractivity contribution >= 4 is 16.9 Å². The summed E-state index contributed by atoms with van der Waals surface area (Å²) in [4.78, 5) is 17.1. The Morgan fingerprint density at radius 3 is 3.03 bits per heavy atom. The minimum atomic E-state index is -0.271. The van der Waals surface area contributed by atoms with Gasteiger partial charge >= 0.3 is 0 Å². The molecular formula is C22H22N4O3. The number of H-pyrrole nitrogens is 1. The second kappa shape index (κ2) is 6.70. The average molecular weight is 390 g/mol. The Morgan fingerprint density at radius 1 is 1.34 bits per heavy atom. The third-order valence-electron chi connectivity index (χ3n) is 6.03. The fourth-order valence-corrected chi connectivity index (χ4v) is 4.49. The number of phenolic OH excluding ortho intramolecular Hbond substituents is 1. The van der Waals surface area contributed by atoms with Crippen LogP contribution in [-0.2, 0) is 9.53 Å². The van der Waals surface area contributed by atoms with Crippen molar-refractivity contribution in [1.29, 1.82) is 0 Å². The van der Waals surface area contributed by atoms with Gasteiger partial charge in [-0.25, -0.2) is 0 Å². The van der Waals surface area contributed by atoms with Gasteiger partial charge in [-0.1, -0.05) is 18.7 Å². The summed E-state index contributed by atoms with van der Waals surface area (Å²) in [5, 5.41) is 19.6. The second-order valence-electron chi connectivity index (χ2n) is 7.88. The predicted octanol–water partition coefficient (Wildman–Crippen LogP) is 2.99. The molecule has 2 N–H and O–H groups in total. The van der Waals surface area contributed by atoms with Crippen LogP contribution in [0.25, 0.3) is 22.3 Å². The Hall–Kier alpha value is -3.19. The van der Waals surface area contributed by atoms with Gasteiger partial charge in [-0.2, -0.15) is 0 Å². The quantitative estimate of drug-likeness (QED) is 0.671. The van der Waals surface area contributed by atoms with Crippen LogP contribution < -0.4 is 0 Å². The molecule has 7 heteroatoms. The fourth-order valence-electron chi connectivity index (χ4n) is 4.49. The number of carbonyl (C=O) groups is 1. The van der Waals surface area contributed by atoms with Gasteiger partial charge in [-0.05, 0) is 43.2 Å². The van der Waals surface area contributed by atoms with Gasteiger partial charge in [0, 0.05) is 29.1 Å². The summed E-state index contributed by atoms with van der Waals surface area (Å²) in [5.41, 5.74) is 2.80. The van der Waals surface area contributed by atoms with Crippen molar-refractivity contribution in [3.05, 3.63) is 54.7 Å². The van der Waals surface area contributed by atoms with Crippen LogP contribution in [0.5, 0.6) is 5.75 Å². The molecule has 2 fully saturated rings. The van der Waals surface area contributed by atoms with Gasteiger partial charge < -0.3 is 19.7 Å². The molecule has 2 aliphatic rings. The van der Waals surface area contributed by atoms with Crippen LogP contribution in [0.1, 0.15) is 24.5 Å². The van der Waals surface area contributed by atoms with E-state index in [9.17, 15) is 9.90 Å². The molecule has 1 aromatic carbocycles. The number of aromatic nitrogens is 3. The standard InChI is InChI=1S/C22H22N4O3/c1-2-20(28)26-8-7-22(13-26)11-15(12-29-22)17-9-14-10-18(24-25-21(14)23-17)16-5-3-4-6-19(16)27/h2-6,9-10,15,27H,1,7-8,11-13H2,(H,23,25)/t15-,22-/m0/s1. The van der Waals surface area contributed by atoms with E-state index in [1.54, 1.807) is 12.1 Å². The molecule has 0 aliphatic carbocycles. The first-order chi connectivity index (χ1) is 14.1. The molecule has 2 aromatic heterocycles. The topological polar surface area (TPSA) is 91.3 Å². The van der Waals surface area contributed by atoms with Gasteiger partial charge in [0.15, 0.2) is 5.65 Å². The molecule has 2 saturated heterocycles. The minimum Gasteiger partial charge on any atom is -0.507 e. The van der Waals surface area contributed by atoms with E-state index in [2.05, 4.69) is 27.8 Å². The Kier molecular flexibility index (Phi) is 4.13. The third-order valence-corrected chi connectivity index (χ3v) is 6.03. The molecule has 0 radical (unpaired) electrons. The second-order valence-corrected chi connectivity index (χ2v) is 7.88. The van der Waals surface area contributed by atoms with Gasteiger partial charge in [0.1, 0.15) is 5.75 Å². The SMILES string of the molecule is C=CC(=O)N1CC[C@]2(C[C@H](c3cc4cc(-c5ccccc5O)nnc4[nH]3)CO2)C1. The predicted molar refractivity (Wildman–Crippen MR) is 108 cm³/mol. The number of benzene rings is 1. The Labute approximate surface area is 168 Å². The minimum absolute atomic E-state index is 0.0356. The van der Waals surface area contributed by atoms with Crippen LogP contribution in [0.15, 0.2) is 49.1 Å². The van der Waals surface area contributed by atoms with Gasteiger partial charge in [-0.3, -0.25) is 4.79 Å². The van der Waals surface area contributed by atoms with Crippen molar-refractivity contribution in [3.63, 3.8) is 0 Å². The van der Waals surface area contributed by atoms with Gasteiger partial charge in [-0.15, -0.1) is 10.2 Å². The molecule has 1 amide bonds. The number of carbonyl (C=O) groups excluding carboxylic acids is 1. The number of rotatable bonds is 3. The zero-order valence-corrected chi connectivity index (χ0v) is 16.0. The molecular weight excluding hydrogens is 368 g/mol. The number of likely N-dealkylation sites (tertiary alicyclic amines) is 1. The first kappa shape index (κ1) is 17.9. The summed E-state index contributed by atoms with van der Waals surface area (Å²) in [6.45, 7) is 5.51. The molecule has 4 heterocycles. The fraction of sp³-hybridized carbons (Fsp3) is 0.318. The maximum absolute atomic E-state index is 11.9. The molecule has 0 unspecified atom stereocenters. The molecule has 148 valence electrons. The highest BCUT2D eigenvalue weighted by molar-refractivity contribution is 5.87. The summed E-state index contributed by atoms with van der Waals surface area (Å²) in [6.07, 6.45) is 3.07. The van der Waals surface area contributed by atoms with Gasteiger partial charge in [0.25, 0.3) is 0 Å². The van der Waals surface area contributed by atoms with E-state index in [4.69, 9.17) is 4.74 Å². The van der Waals surface area contributed by atoms with Crippen molar-refractivity contribution in [2.45, 2.75) is 24.4 Å². The number of amides is 1. The molecule has 1 spiro atoms. The van der Waals surface area contributed by atoms with E-state index < -0.39 is 0 Å². The molecule has 2 aliphatic heterocycles. The van der Waals surface area contributed by atoms with Gasteiger partial charge in [0.2, 0.25) is 5.91 Å². The highest BCUT2D eigenvalue weighted by Crippen LogP contribution is 2.42. The smallest absolute Gasteiger partial charge is 0.246 e. The van der Waals surface area contributed by atoms with Crippen molar-refractivity contribution in [2.75, 3.05) is 19.7 Å². The number of fused-ring (bicyclic) bond motifs is 1. The van der Waals surface area contributed by atoms with Crippen LogP contribution in [-0.4, -0.2) is 56.4 Å². The molecule has 0 bridgehead atoms. The van der Waals surface area contributed by atoms with E-state index in [0.29, 0.717) is 31.0 Å². The maximum atomic E-state index is 11.9. The van der Waals surface area contributed by atoms with Crippen molar-refractivity contribution in [2.24, 2.45) is 0 Å². The Bertz CT molecular complexity index is 1110. The Balaban J connectivity index is 1.38. The summed E-state index contributed by atoms with van der Waals surface area (Å²) < 4.78 is 6.18. The number of nitrogens with zero attached hydrogens (tertiary/aromatic N) is 3. The normalized spacial score (nSPS) is 23.9. The van der Waals surface area contributed by atoms with E-state index in [-0.39, 0.29) is 23.2 Å². The number of nitrogens with one attached hydrogen (secondary N) is 1. The number of hydrogen-bond donors (Lipinski definition) is 2. The van der Waals surface area contributed by atoms with E-state index in [1.165, 1.54) is 6.08 Å². The lowest BCUT2D eigenvalue weighted by Gasteiger charge is -2.22. The summed E-state index contributed by atoms with van der Waals surface area (Å²) in [6, 6.07) is 11.1. The van der Waals surface area contributed by atoms with Crippen molar-refractivity contribution < 1.29 is 14.6 Å². The molecule has 3 aromatic rings. The van der Waals surface area contributed by atoms with Crippen LogP contribution in [0.4, 0.5) is 0 Å². The van der Waals surface area contributed by atoms with Crippen LogP contribution in [0.2, 0.25) is 0 Å². The number of aromatic hydroxyl groups is 1. The lowest BCUT2D eigenvalue weighted by Crippen LogP contribution is -2.34. The molecule has 7 nitrogen and oxygen atoms in total. The van der Waals surface area contributed by atoms with Crippen LogP contribution in [0.3, 0.4) is 0 Å². The zero-order chi connectivity index (χ0) is 20.0. The lowest BCUT2D eigenvalue weighted by atomic mass is 9.91. The maximum Gasteiger partial charge on any atom is 0.246 e. The van der Waals surface area contributed by atoms with Crippen LogP contribution >= 0.6 is 0 Å². The monoisotopic (exact) mass is 390 g/mol. The van der Waals surface area contributed by atoms with Crippen LogP contribution in [0, 0.1) is 0 Å². The Morgan fingerprint density at radius 2 is 2.21 bits per heavy atom. The number of ether oxygens (including phenoxy) is 1. The first-order valence-corrected chi connectivity index (χ1v) is 9.77. The van der Waals surface area contributed by atoms with Crippen molar-refractivity contribution in [3.8, 4) is 17.0 Å². The lowest BCUT2D eigenvalue weighted by molar-refractivity contribution is -0.126. The van der Waals surface area contributed by atoms with E-state index >= 15 is 0 Å². The molecule has 0 saturated carbocycles. The number of hydrogen-bond acceptors (Lipinski definition) is 5. The number of aromatic amines is 1. The number of phenols is 1. The summed E-state index contributed by atoms with van der Waals surface area (Å²) in [5.74, 6) is 0.367. The van der Waals surface area contributed by atoms with Crippen molar-refractivity contribution in [1.82, 2.24) is 20.1 Å². The van der Waals surface area contributed by atoms with E-state index in [1.807, 2.05) is 23.1 Å².